The number of fused-ring (bicyclic) bond motifs is 14. The van der Waals surface area contributed by atoms with Crippen molar-refractivity contribution in [2.24, 2.45) is 23.5 Å². The van der Waals surface area contributed by atoms with Gasteiger partial charge in [0.1, 0.15) is 29.0 Å². The summed E-state index contributed by atoms with van der Waals surface area (Å²) in [6.07, 6.45) is 6.78. The molecule has 4 heterocycles. The highest BCUT2D eigenvalue weighted by Gasteiger charge is 2.55. The first-order valence-electron chi connectivity index (χ1n) is 22.0. The van der Waals surface area contributed by atoms with E-state index >= 15 is 0 Å². The number of alkyl carbamates (subject to hydrolysis) is 1. The number of nitrogens with one attached hydrogen (secondary N) is 2. The molecule has 2 amide bonds. The summed E-state index contributed by atoms with van der Waals surface area (Å²) in [7, 11) is 1.35. The molecule has 2 aromatic carbocycles. The number of ether oxygens (including phenoxy) is 5. The van der Waals surface area contributed by atoms with Gasteiger partial charge in [-0.2, -0.15) is 0 Å². The van der Waals surface area contributed by atoms with Crippen molar-refractivity contribution in [3.8, 4) is 35.7 Å². The molecule has 1 aliphatic carbocycles. The fraction of sp³-hybridized carbons (Fsp3) is 0.420. The van der Waals surface area contributed by atoms with Crippen molar-refractivity contribution in [2.45, 2.75) is 77.5 Å². The molecule has 0 aromatic heterocycles. The van der Waals surface area contributed by atoms with Crippen LogP contribution in [0.4, 0.5) is 4.79 Å². The summed E-state index contributed by atoms with van der Waals surface area (Å²) in [6.45, 7) is 7.97. The van der Waals surface area contributed by atoms with Crippen molar-refractivity contribution < 1.29 is 68.1 Å². The number of phenols is 1. The van der Waals surface area contributed by atoms with Crippen molar-refractivity contribution in [3.63, 3.8) is 0 Å². The minimum Gasteiger partial charge on any atom is -0.507 e. The average molecular weight is 937 g/mol. The van der Waals surface area contributed by atoms with E-state index < -0.39 is 111 Å². The second-order valence-corrected chi connectivity index (χ2v) is 17.0. The lowest BCUT2D eigenvalue weighted by Crippen LogP contribution is -2.54. The zero-order valence-corrected chi connectivity index (χ0v) is 38.5. The Morgan fingerprint density at radius 3 is 2.43 bits per heavy atom. The van der Waals surface area contributed by atoms with Crippen molar-refractivity contribution in [3.05, 3.63) is 105 Å². The fourth-order valence-electron chi connectivity index (χ4n) is 8.47. The number of nitrogens with two attached hydrogens (primary N) is 1. The molecule has 0 saturated carbocycles. The molecule has 360 valence electrons. The first-order valence-corrected chi connectivity index (χ1v) is 22.0. The molecule has 1 saturated heterocycles. The van der Waals surface area contributed by atoms with Gasteiger partial charge >= 0.3 is 11.9 Å². The van der Waals surface area contributed by atoms with Crippen LogP contribution in [0.15, 0.2) is 71.8 Å². The van der Waals surface area contributed by atoms with E-state index in [1.54, 1.807) is 56.0 Å². The molecule has 1 fully saturated rings. The number of amides is 2. The van der Waals surface area contributed by atoms with Gasteiger partial charge in [-0.25, -0.2) is 4.79 Å². The highest BCUT2D eigenvalue weighted by molar-refractivity contribution is 6.32. The van der Waals surface area contributed by atoms with Gasteiger partial charge in [0.05, 0.1) is 73.7 Å². The molecule has 2 aromatic rings. The predicted octanol–water partition coefficient (Wildman–Crippen LogP) is 2.30. The summed E-state index contributed by atoms with van der Waals surface area (Å²) in [6, 6.07) is 5.61. The Morgan fingerprint density at radius 2 is 1.75 bits per heavy atom. The molecule has 9 atom stereocenters. The number of allylic oxidation sites excluding steroid dienone is 4. The Kier molecular flexibility index (Phi) is 16.0. The highest BCUT2D eigenvalue weighted by Crippen LogP contribution is 2.49. The zero-order valence-electron chi connectivity index (χ0n) is 38.5. The molecule has 5 aliphatic rings. The van der Waals surface area contributed by atoms with Crippen LogP contribution in [0.3, 0.4) is 0 Å². The highest BCUT2D eigenvalue weighted by atomic mass is 16.7. The summed E-state index contributed by atoms with van der Waals surface area (Å²) in [5.41, 5.74) is 5.59. The van der Waals surface area contributed by atoms with Gasteiger partial charge < -0.3 is 65.4 Å². The van der Waals surface area contributed by atoms with Gasteiger partial charge in [0, 0.05) is 54.7 Å². The standard InChI is InChI=1S/C50H56N4O14/c1-8-50-47(61)36-34-35(41(57)29(5)46(36)68-50)43(59)38(39(44(34)60)54-19-22-65-23-20-54)53-48(62)27(3)13-9-12-26(2)40(56)37(51)42(58)30(6)45(28(4)33(64-7)17-21-66-50)67-49(63)52-18-11-16-31-14-10-15-32(24-31)25-55/h1,9-10,12-15,17,21,24,26,28,30,33,37,40,42,45,55-58H,18-20,22-23,25,51H2,2-7H3,(H,52,63)(H,53,62)/b12-9+,21-17+,27-13-/t26-,28+,30+,33-,37+,40-,42-,45+,50-/m0/s1. The Morgan fingerprint density at radius 1 is 1.03 bits per heavy atom. The van der Waals surface area contributed by atoms with Gasteiger partial charge in [0.15, 0.2) is 0 Å². The van der Waals surface area contributed by atoms with E-state index in [2.05, 4.69) is 28.4 Å². The van der Waals surface area contributed by atoms with Crippen LogP contribution in [-0.4, -0.2) is 131 Å². The molecule has 5 bridgehead atoms. The first kappa shape index (κ1) is 50.6. The molecular weight excluding hydrogens is 881 g/mol. The van der Waals surface area contributed by atoms with Crippen LogP contribution in [0.5, 0.6) is 11.5 Å². The quantitative estimate of drug-likeness (QED) is 0.212. The van der Waals surface area contributed by atoms with E-state index in [0.29, 0.717) is 11.1 Å². The molecule has 7 rings (SSSR count). The number of morpholine rings is 1. The second kappa shape index (κ2) is 21.5. The monoisotopic (exact) mass is 936 g/mol. The minimum absolute atomic E-state index is 0.0685. The lowest BCUT2D eigenvalue weighted by molar-refractivity contribution is -0.116. The number of benzene rings is 2. The van der Waals surface area contributed by atoms with Gasteiger partial charge in [0.25, 0.3) is 11.7 Å². The second-order valence-electron chi connectivity index (χ2n) is 17.0. The number of methoxy groups -OCH3 is 1. The number of aliphatic hydroxyl groups is 3. The molecule has 18 nitrogen and oxygen atoms in total. The Bertz CT molecular complexity index is 2580. The normalized spacial score (nSPS) is 29.5. The van der Waals surface area contributed by atoms with Crippen LogP contribution in [0, 0.1) is 48.9 Å². The number of terminal acetylenes is 1. The maximum Gasteiger partial charge on any atom is 0.408 e. The number of carbonyl (C=O) groups excluding carboxylic acids is 5. The van der Waals surface area contributed by atoms with Gasteiger partial charge in [-0.15, -0.1) is 6.42 Å². The number of ketones is 3. The Hall–Kier alpha value is -6.77. The van der Waals surface area contributed by atoms with Crippen LogP contribution in [-0.2, 0) is 30.3 Å². The fourth-order valence-corrected chi connectivity index (χ4v) is 8.47. The SMILES string of the molecule is C#C[C@@]12O/C=C/[C@H](OC)[C@@H](C)[C@@H](OC(=O)NCC#Cc3cccc(CO)c3)[C@H](C)[C@H](O)[C@H](N)[C@@H](O)[C@@H](C)/C=C/C=C(/C)C(=O)NC3=C(N4CCOCC4)C(=O)c4c(c(O)c(C)c(c4C1=O)O2)C3=O. The predicted molar refractivity (Wildman–Crippen MR) is 245 cm³/mol. The third-order valence-corrected chi connectivity index (χ3v) is 12.5. The smallest absolute Gasteiger partial charge is 0.408 e. The van der Waals surface area contributed by atoms with Gasteiger partial charge in [-0.3, -0.25) is 19.2 Å². The van der Waals surface area contributed by atoms with Crippen molar-refractivity contribution >= 4 is 29.4 Å². The summed E-state index contributed by atoms with van der Waals surface area (Å²) >= 11 is 0. The number of Topliss-reactive ketones (excluding diaryl/α,β-unsaturated/α-hetero) is 3. The first-order chi connectivity index (χ1) is 32.4. The van der Waals surface area contributed by atoms with E-state index in [1.165, 1.54) is 39.2 Å². The van der Waals surface area contributed by atoms with Crippen LogP contribution < -0.4 is 21.1 Å². The van der Waals surface area contributed by atoms with Crippen LogP contribution >= 0.6 is 0 Å². The average Bonchev–Trinajstić information content (AvgIpc) is 3.63. The number of carbonyl (C=O) groups is 5. The molecular formula is C50H56N4O14. The van der Waals surface area contributed by atoms with Gasteiger partial charge in [-0.1, -0.05) is 63.0 Å². The molecule has 0 radical (unpaired) electrons. The van der Waals surface area contributed by atoms with Crippen molar-refractivity contribution in [2.75, 3.05) is 40.0 Å². The largest absolute Gasteiger partial charge is 0.507 e. The number of nitrogens with zero attached hydrogens (tertiary/aromatic N) is 1. The van der Waals surface area contributed by atoms with E-state index in [9.17, 15) is 44.4 Å². The summed E-state index contributed by atoms with van der Waals surface area (Å²) in [5, 5.41) is 49.3. The lowest BCUT2D eigenvalue weighted by atomic mass is 9.81. The number of aliphatic hydroxyl groups excluding tert-OH is 3. The maximum absolute atomic E-state index is 14.8. The van der Waals surface area contributed by atoms with E-state index in [0.717, 1.165) is 6.26 Å². The number of hydrogen-bond donors (Lipinski definition) is 7. The topological polar surface area (TPSA) is 266 Å². The molecule has 68 heavy (non-hydrogen) atoms. The van der Waals surface area contributed by atoms with E-state index in [4.69, 9.17) is 35.8 Å². The zero-order chi connectivity index (χ0) is 49.6. The molecule has 8 N–H and O–H groups in total. The van der Waals surface area contributed by atoms with Crippen LogP contribution in [0.1, 0.15) is 75.5 Å². The van der Waals surface area contributed by atoms with Crippen LogP contribution in [0.2, 0.25) is 0 Å². The van der Waals surface area contributed by atoms with Crippen molar-refractivity contribution in [1.29, 1.82) is 0 Å². The van der Waals surface area contributed by atoms with E-state index in [-0.39, 0.29) is 62.0 Å². The van der Waals surface area contributed by atoms with Gasteiger partial charge in [0.2, 0.25) is 11.6 Å². The Labute approximate surface area is 393 Å². The molecule has 4 aliphatic heterocycles. The molecule has 18 heteroatoms. The maximum atomic E-state index is 14.8. The number of phenolic OH excluding ortho intramolecular Hbond substituents is 1. The summed E-state index contributed by atoms with van der Waals surface area (Å²) in [5.74, 6) is -1.80. The third-order valence-electron chi connectivity index (χ3n) is 12.5. The number of hydrogen-bond acceptors (Lipinski definition) is 16. The number of aromatic hydroxyl groups is 1. The lowest BCUT2D eigenvalue weighted by Gasteiger charge is -2.37. The molecule has 0 unspecified atom stereocenters. The minimum atomic E-state index is -2.57. The Balaban J connectivity index is 1.41. The summed E-state index contributed by atoms with van der Waals surface area (Å²) in [4.78, 5) is 72.7. The molecule has 0 spiro atoms. The van der Waals surface area contributed by atoms with Crippen molar-refractivity contribution in [1.82, 2.24) is 15.5 Å². The summed E-state index contributed by atoms with van der Waals surface area (Å²) < 4.78 is 29.1. The van der Waals surface area contributed by atoms with E-state index in [1.807, 2.05) is 0 Å². The third kappa shape index (κ3) is 10.1. The van der Waals surface area contributed by atoms with Gasteiger partial charge in [-0.05, 0) is 43.5 Å². The number of rotatable bonds is 5. The van der Waals surface area contributed by atoms with Crippen LogP contribution in [0.25, 0.3) is 0 Å².